The number of aldehydes is 1. The van der Waals surface area contributed by atoms with Gasteiger partial charge < -0.3 is 18.9 Å². The Bertz CT molecular complexity index is 1010. The van der Waals surface area contributed by atoms with Gasteiger partial charge in [-0.15, -0.1) is 0 Å². The van der Waals surface area contributed by atoms with E-state index in [9.17, 15) is 19.2 Å². The standard InChI is InChI=1S/C28H32O8/c1-21(19-23(30)20-29)28(32)35-18-6-4-3-5-17-34-25-10-7-22(8-11-25)9-16-27(31)36-26-14-12-24(33-2)13-15-26/h7-16,20-21H,3-6,17-19H2,1-2H3. The maximum absolute atomic E-state index is 12.0. The number of methoxy groups -OCH3 is 1. The fraction of sp³-hybridized carbons (Fsp3) is 0.357. The summed E-state index contributed by atoms with van der Waals surface area (Å²) < 4.78 is 21.2. The molecule has 0 aliphatic rings. The highest BCUT2D eigenvalue weighted by Gasteiger charge is 2.17. The van der Waals surface area contributed by atoms with Gasteiger partial charge in [-0.3, -0.25) is 14.4 Å². The molecule has 0 bridgehead atoms. The molecule has 2 aromatic rings. The van der Waals surface area contributed by atoms with Crippen LogP contribution in [0.4, 0.5) is 0 Å². The molecule has 2 rings (SSSR count). The summed E-state index contributed by atoms with van der Waals surface area (Å²) in [4.78, 5) is 45.1. The second-order valence-corrected chi connectivity index (χ2v) is 8.12. The van der Waals surface area contributed by atoms with E-state index in [1.807, 2.05) is 24.3 Å². The molecule has 1 unspecified atom stereocenters. The van der Waals surface area contributed by atoms with Crippen molar-refractivity contribution in [2.45, 2.75) is 39.0 Å². The van der Waals surface area contributed by atoms with Gasteiger partial charge in [0.2, 0.25) is 0 Å². The number of unbranched alkanes of at least 4 members (excludes halogenated alkanes) is 3. The third-order valence-corrected chi connectivity index (χ3v) is 5.16. The molecule has 0 amide bonds. The normalized spacial score (nSPS) is 11.5. The topological polar surface area (TPSA) is 105 Å². The Balaban J connectivity index is 1.57. The average Bonchev–Trinajstić information content (AvgIpc) is 2.89. The summed E-state index contributed by atoms with van der Waals surface area (Å²) in [6.07, 6.45) is 6.53. The Hall–Kier alpha value is -3.94. The SMILES string of the molecule is COc1ccc(OC(=O)C=Cc2ccc(OCCCCCCOC(=O)C(C)CC(=O)C=O)cc2)cc1. The maximum atomic E-state index is 12.0. The van der Waals surface area contributed by atoms with Gasteiger partial charge in [-0.25, -0.2) is 4.79 Å². The number of ether oxygens (including phenoxy) is 4. The quantitative estimate of drug-likeness (QED) is 0.0830. The van der Waals surface area contributed by atoms with Crippen molar-refractivity contribution in [1.82, 2.24) is 0 Å². The third-order valence-electron chi connectivity index (χ3n) is 5.16. The van der Waals surface area contributed by atoms with Crippen LogP contribution in [-0.4, -0.2) is 44.3 Å². The Kier molecular flexibility index (Phi) is 12.5. The zero-order valence-electron chi connectivity index (χ0n) is 20.6. The molecule has 8 nitrogen and oxygen atoms in total. The number of carbonyl (C=O) groups excluding carboxylic acids is 4. The lowest BCUT2D eigenvalue weighted by Gasteiger charge is -2.09. The second kappa shape index (κ2) is 15.9. The number of ketones is 1. The number of esters is 2. The van der Waals surface area contributed by atoms with Gasteiger partial charge in [0.1, 0.15) is 17.2 Å². The van der Waals surface area contributed by atoms with Crippen LogP contribution in [0.5, 0.6) is 17.2 Å². The molecule has 0 spiro atoms. The van der Waals surface area contributed by atoms with Crippen molar-refractivity contribution in [2.75, 3.05) is 20.3 Å². The van der Waals surface area contributed by atoms with Crippen LogP contribution < -0.4 is 14.2 Å². The number of hydrogen-bond acceptors (Lipinski definition) is 8. The van der Waals surface area contributed by atoms with Gasteiger partial charge >= 0.3 is 11.9 Å². The molecule has 0 fully saturated rings. The number of carbonyl (C=O) groups is 4. The molecule has 0 aliphatic heterocycles. The highest BCUT2D eigenvalue weighted by atomic mass is 16.5. The minimum absolute atomic E-state index is 0.117. The highest BCUT2D eigenvalue weighted by Crippen LogP contribution is 2.18. The lowest BCUT2D eigenvalue weighted by atomic mass is 10.1. The van der Waals surface area contributed by atoms with E-state index in [1.54, 1.807) is 44.4 Å². The largest absolute Gasteiger partial charge is 0.497 e. The van der Waals surface area contributed by atoms with Crippen LogP contribution in [0.3, 0.4) is 0 Å². The molecule has 0 radical (unpaired) electrons. The van der Waals surface area contributed by atoms with Crippen LogP contribution in [0, 0.1) is 5.92 Å². The molecule has 0 aliphatic carbocycles. The molecule has 36 heavy (non-hydrogen) atoms. The Labute approximate surface area is 211 Å². The number of benzene rings is 2. The average molecular weight is 497 g/mol. The first-order valence-electron chi connectivity index (χ1n) is 11.8. The summed E-state index contributed by atoms with van der Waals surface area (Å²) in [7, 11) is 1.57. The van der Waals surface area contributed by atoms with Crippen LogP contribution in [-0.2, 0) is 23.9 Å². The van der Waals surface area contributed by atoms with Gasteiger partial charge in [-0.2, -0.15) is 0 Å². The minimum Gasteiger partial charge on any atom is -0.497 e. The van der Waals surface area contributed by atoms with Crippen LogP contribution in [0.1, 0.15) is 44.6 Å². The smallest absolute Gasteiger partial charge is 0.336 e. The molecular weight excluding hydrogens is 464 g/mol. The van der Waals surface area contributed by atoms with Crippen molar-refractivity contribution in [1.29, 1.82) is 0 Å². The Morgan fingerprint density at radius 1 is 0.833 bits per heavy atom. The molecule has 2 aromatic carbocycles. The highest BCUT2D eigenvalue weighted by molar-refractivity contribution is 6.25. The summed E-state index contributed by atoms with van der Waals surface area (Å²) in [6.45, 7) is 2.43. The number of rotatable bonds is 16. The van der Waals surface area contributed by atoms with Crippen LogP contribution in [0.25, 0.3) is 6.08 Å². The van der Waals surface area contributed by atoms with Crippen LogP contribution in [0.15, 0.2) is 54.6 Å². The number of Topliss-reactive ketones (excluding diaryl/α,β-unsaturated/α-hetero) is 1. The minimum atomic E-state index is -0.605. The van der Waals surface area contributed by atoms with Gasteiger partial charge in [0, 0.05) is 12.5 Å². The van der Waals surface area contributed by atoms with Crippen molar-refractivity contribution < 1.29 is 38.1 Å². The van der Waals surface area contributed by atoms with E-state index in [0.717, 1.165) is 37.0 Å². The Morgan fingerprint density at radius 3 is 2.08 bits per heavy atom. The van der Waals surface area contributed by atoms with Crippen LogP contribution in [0.2, 0.25) is 0 Å². The fourth-order valence-electron chi connectivity index (χ4n) is 3.13. The van der Waals surface area contributed by atoms with E-state index in [0.29, 0.717) is 24.7 Å². The predicted molar refractivity (Wildman–Crippen MR) is 134 cm³/mol. The van der Waals surface area contributed by atoms with Crippen molar-refractivity contribution in [2.24, 2.45) is 5.92 Å². The first kappa shape index (κ1) is 28.3. The van der Waals surface area contributed by atoms with Gasteiger partial charge in [0.25, 0.3) is 0 Å². The molecule has 8 heteroatoms. The van der Waals surface area contributed by atoms with Gasteiger partial charge in [-0.1, -0.05) is 19.1 Å². The lowest BCUT2D eigenvalue weighted by Crippen LogP contribution is -2.19. The molecule has 0 saturated carbocycles. The number of hydrogen-bond donors (Lipinski definition) is 0. The lowest BCUT2D eigenvalue weighted by molar-refractivity contribution is -0.149. The van der Waals surface area contributed by atoms with Crippen molar-refractivity contribution in [3.05, 3.63) is 60.2 Å². The molecule has 0 N–H and O–H groups in total. The first-order chi connectivity index (χ1) is 17.4. The molecule has 1 atom stereocenters. The Morgan fingerprint density at radius 2 is 1.44 bits per heavy atom. The van der Waals surface area contributed by atoms with E-state index in [4.69, 9.17) is 18.9 Å². The van der Waals surface area contributed by atoms with Gasteiger partial charge in [-0.05, 0) is 73.7 Å². The van der Waals surface area contributed by atoms with Crippen LogP contribution >= 0.6 is 0 Å². The molecule has 192 valence electrons. The summed E-state index contributed by atoms with van der Waals surface area (Å²) >= 11 is 0. The molecule has 0 saturated heterocycles. The monoisotopic (exact) mass is 496 g/mol. The van der Waals surface area contributed by atoms with E-state index < -0.39 is 23.6 Å². The summed E-state index contributed by atoms with van der Waals surface area (Å²) in [5, 5.41) is 0. The van der Waals surface area contributed by atoms with Crippen molar-refractivity contribution >= 4 is 30.1 Å². The second-order valence-electron chi connectivity index (χ2n) is 8.12. The zero-order valence-corrected chi connectivity index (χ0v) is 20.6. The van der Waals surface area contributed by atoms with E-state index in [-0.39, 0.29) is 12.7 Å². The molecule has 0 aromatic heterocycles. The molecule has 0 heterocycles. The van der Waals surface area contributed by atoms with E-state index in [1.165, 1.54) is 6.08 Å². The predicted octanol–water partition coefficient (Wildman–Crippen LogP) is 4.59. The third kappa shape index (κ3) is 11.0. The van der Waals surface area contributed by atoms with Gasteiger partial charge in [0.15, 0.2) is 12.1 Å². The summed E-state index contributed by atoms with van der Waals surface area (Å²) in [6, 6.07) is 14.1. The maximum Gasteiger partial charge on any atom is 0.336 e. The van der Waals surface area contributed by atoms with Gasteiger partial charge in [0.05, 0.1) is 26.2 Å². The fourth-order valence-corrected chi connectivity index (χ4v) is 3.13. The summed E-state index contributed by atoms with van der Waals surface area (Å²) in [5.41, 5.74) is 0.841. The zero-order chi connectivity index (χ0) is 26.2. The van der Waals surface area contributed by atoms with E-state index in [2.05, 4.69) is 0 Å². The van der Waals surface area contributed by atoms with E-state index >= 15 is 0 Å². The summed E-state index contributed by atoms with van der Waals surface area (Å²) in [5.74, 6) is -0.278. The van der Waals surface area contributed by atoms with Crippen molar-refractivity contribution in [3.63, 3.8) is 0 Å². The first-order valence-corrected chi connectivity index (χ1v) is 11.8. The molecular formula is C28H32O8. The van der Waals surface area contributed by atoms with Crippen molar-refractivity contribution in [3.8, 4) is 17.2 Å².